The van der Waals surface area contributed by atoms with Crippen molar-refractivity contribution in [2.75, 3.05) is 98.7 Å². The van der Waals surface area contributed by atoms with Crippen LogP contribution in [0.5, 0.6) is 0 Å². The van der Waals surface area contributed by atoms with Crippen molar-refractivity contribution in [1.29, 1.82) is 0 Å². The molecule has 1 saturated carbocycles. The van der Waals surface area contributed by atoms with Crippen LogP contribution in [0.1, 0.15) is 70.6 Å². The van der Waals surface area contributed by atoms with Gasteiger partial charge in [-0.2, -0.15) is 0 Å². The minimum Gasteiger partial charge on any atom is -0.468 e. The van der Waals surface area contributed by atoms with Crippen molar-refractivity contribution in [2.24, 2.45) is 5.11 Å². The maximum absolute atomic E-state index is 13.3. The fraction of sp³-hybridized carbons (Fsp3) is 0.875. The lowest BCUT2D eigenvalue weighted by atomic mass is 9.98. The summed E-state index contributed by atoms with van der Waals surface area (Å²) in [5.74, 6) is -0.986. The predicted octanol–water partition coefficient (Wildman–Crippen LogP) is 1.95. The number of hydrogen-bond donors (Lipinski definition) is 1. The molecule has 2 saturated heterocycles. The Morgan fingerprint density at radius 2 is 1.28 bits per heavy atom. The average molecular weight is 665 g/mol. The average Bonchev–Trinajstić information content (AvgIpc) is 3.04. The normalized spacial score (nSPS) is 26.8. The molecule has 15 nitrogen and oxygen atoms in total. The molecule has 2 heterocycles. The van der Waals surface area contributed by atoms with Crippen molar-refractivity contribution < 1.29 is 33.4 Å². The zero-order chi connectivity index (χ0) is 33.7. The Morgan fingerprint density at radius 3 is 1.83 bits per heavy atom. The van der Waals surface area contributed by atoms with Crippen LogP contribution in [0.15, 0.2) is 5.11 Å². The third-order valence-electron chi connectivity index (χ3n) is 9.10. The Hall–Kier alpha value is -2.97. The van der Waals surface area contributed by atoms with E-state index in [1.807, 2.05) is 19.6 Å². The van der Waals surface area contributed by atoms with Crippen LogP contribution in [0.4, 0.5) is 0 Å². The van der Waals surface area contributed by atoms with Crippen molar-refractivity contribution in [2.45, 2.75) is 82.8 Å². The number of hydrogen-bond acceptors (Lipinski definition) is 12. The Labute approximate surface area is 279 Å². The molecule has 15 heteroatoms. The Bertz CT molecular complexity index is 1030. The number of amides is 1. The fourth-order valence-corrected chi connectivity index (χ4v) is 6.32. The number of nitrogens with one attached hydrogen (secondary N) is 1. The highest BCUT2D eigenvalue weighted by Crippen LogP contribution is 2.21. The van der Waals surface area contributed by atoms with Crippen LogP contribution in [0.2, 0.25) is 0 Å². The first-order valence-corrected chi connectivity index (χ1v) is 17.5. The first kappa shape index (κ1) is 38.5. The van der Waals surface area contributed by atoms with Crippen molar-refractivity contribution in [3.63, 3.8) is 0 Å². The maximum Gasteiger partial charge on any atom is 0.320 e. The molecular weight excluding hydrogens is 608 g/mol. The van der Waals surface area contributed by atoms with Gasteiger partial charge in [-0.15, -0.1) is 0 Å². The molecule has 266 valence electrons. The van der Waals surface area contributed by atoms with Crippen LogP contribution < -0.4 is 5.32 Å². The molecular formula is C32H56N8O7. The third kappa shape index (κ3) is 16.6. The smallest absolute Gasteiger partial charge is 0.320 e. The molecule has 3 aliphatic rings. The van der Waals surface area contributed by atoms with Gasteiger partial charge in [-0.1, -0.05) is 24.4 Å². The van der Waals surface area contributed by atoms with Gasteiger partial charge in [0.2, 0.25) is 5.91 Å². The molecule has 0 aromatic rings. The molecule has 4 bridgehead atoms. The van der Waals surface area contributed by atoms with Gasteiger partial charge in [0.25, 0.3) is 0 Å². The minimum atomic E-state index is -0.354. The van der Waals surface area contributed by atoms with E-state index in [9.17, 15) is 19.2 Å². The summed E-state index contributed by atoms with van der Waals surface area (Å²) in [6.45, 7) is 5.32. The highest BCUT2D eigenvalue weighted by molar-refractivity contribution is 5.78. The van der Waals surface area contributed by atoms with Crippen LogP contribution >= 0.6 is 0 Å². The summed E-state index contributed by atoms with van der Waals surface area (Å²) in [4.78, 5) is 62.5. The number of esters is 3. The van der Waals surface area contributed by atoms with Crippen LogP contribution in [0.3, 0.4) is 0 Å². The van der Waals surface area contributed by atoms with Gasteiger partial charge < -0.3 is 19.5 Å². The van der Waals surface area contributed by atoms with E-state index in [1.165, 1.54) is 7.11 Å². The molecule has 1 amide bonds. The molecule has 2 unspecified atom stereocenters. The molecule has 0 aromatic heterocycles. The van der Waals surface area contributed by atoms with E-state index in [4.69, 9.17) is 19.7 Å². The highest BCUT2D eigenvalue weighted by atomic mass is 16.5. The summed E-state index contributed by atoms with van der Waals surface area (Å²) < 4.78 is 17.1. The van der Waals surface area contributed by atoms with Crippen molar-refractivity contribution in [3.05, 3.63) is 10.4 Å². The van der Waals surface area contributed by atoms with Crippen molar-refractivity contribution in [1.82, 2.24) is 24.9 Å². The number of nitrogens with zero attached hydrogens (tertiary/aromatic N) is 7. The number of fused-ring (bicyclic) bond motifs is 7. The molecule has 1 N–H and O–H groups in total. The van der Waals surface area contributed by atoms with Gasteiger partial charge in [0.05, 0.1) is 33.3 Å². The van der Waals surface area contributed by atoms with Gasteiger partial charge in [-0.25, -0.2) is 0 Å². The van der Waals surface area contributed by atoms with Crippen molar-refractivity contribution in [3.8, 4) is 0 Å². The van der Waals surface area contributed by atoms with Gasteiger partial charge in [0.1, 0.15) is 12.2 Å². The second-order valence-corrected chi connectivity index (χ2v) is 12.8. The minimum absolute atomic E-state index is 0.0927. The molecule has 3 fully saturated rings. The van der Waals surface area contributed by atoms with Crippen LogP contribution in [0.25, 0.3) is 10.4 Å². The summed E-state index contributed by atoms with van der Waals surface area (Å²) >= 11 is 0. The zero-order valence-electron chi connectivity index (χ0n) is 28.3. The molecule has 0 aromatic carbocycles. The predicted molar refractivity (Wildman–Crippen MR) is 175 cm³/mol. The maximum atomic E-state index is 13.3. The van der Waals surface area contributed by atoms with Crippen LogP contribution in [-0.4, -0.2) is 154 Å². The number of rotatable bonds is 8. The van der Waals surface area contributed by atoms with E-state index in [1.54, 1.807) is 0 Å². The monoisotopic (exact) mass is 664 g/mol. The Balaban J connectivity index is 1.78. The van der Waals surface area contributed by atoms with E-state index in [-0.39, 0.29) is 62.2 Å². The molecule has 4 atom stereocenters. The van der Waals surface area contributed by atoms with E-state index in [2.05, 4.69) is 15.3 Å². The lowest BCUT2D eigenvalue weighted by Gasteiger charge is -2.33. The lowest BCUT2D eigenvalue weighted by molar-refractivity contribution is -0.152. The fourth-order valence-electron chi connectivity index (χ4n) is 6.32. The summed E-state index contributed by atoms with van der Waals surface area (Å²) in [6, 6.07) is 0. The lowest BCUT2D eigenvalue weighted by Crippen LogP contribution is -2.50. The number of carbonyl (C=O) groups excluding carboxylic acids is 4. The SMILES string of the molecule is COC(=O)CN1CCN(CC(=O)NCCCN=[N+]=[N-])CCN2CCN(CC1)CC(=O)O[C@@H]1CCCCCCC[C@@H](CCC1)OC(=O)C2. The molecule has 0 radical (unpaired) electrons. The summed E-state index contributed by atoms with van der Waals surface area (Å²) in [7, 11) is 1.36. The zero-order valence-corrected chi connectivity index (χ0v) is 28.3. The van der Waals surface area contributed by atoms with E-state index >= 15 is 0 Å². The number of carbonyl (C=O) groups is 4. The van der Waals surface area contributed by atoms with E-state index < -0.39 is 0 Å². The van der Waals surface area contributed by atoms with E-state index in [0.717, 1.165) is 64.2 Å². The third-order valence-corrected chi connectivity index (χ3v) is 9.10. The summed E-state index contributed by atoms with van der Waals surface area (Å²) in [5, 5.41) is 6.38. The molecule has 0 spiro atoms. The highest BCUT2D eigenvalue weighted by Gasteiger charge is 2.25. The topological polar surface area (TPSA) is 170 Å². The standard InChI is InChI=1S/C32H56N8O7/c1-45-30(42)24-38-17-15-37(23-29(41)34-13-8-14-35-36-33)16-18-39-21-22-40(20-19-38)26-32(44)47-28-10-6-4-2-3-5-9-27(11-7-12-28)46-31(43)25-39/h27-28H,2-26H2,1H3,(H,34,41)/t27-,28+/m0/s1. The molecule has 3 rings (SSSR count). The quantitative estimate of drug-likeness (QED) is 0.101. The molecule has 2 aliphatic heterocycles. The Morgan fingerprint density at radius 1 is 0.787 bits per heavy atom. The second kappa shape index (κ2) is 22.6. The second-order valence-electron chi connectivity index (χ2n) is 12.8. The molecule has 1 aliphatic carbocycles. The van der Waals surface area contributed by atoms with E-state index in [0.29, 0.717) is 71.9 Å². The number of methoxy groups -OCH3 is 1. The first-order chi connectivity index (χ1) is 22.8. The van der Waals surface area contributed by atoms with Gasteiger partial charge in [0, 0.05) is 70.4 Å². The van der Waals surface area contributed by atoms with Gasteiger partial charge in [-0.05, 0) is 56.9 Å². The largest absolute Gasteiger partial charge is 0.468 e. The Kier molecular flexibility index (Phi) is 18.5. The van der Waals surface area contributed by atoms with Gasteiger partial charge >= 0.3 is 17.9 Å². The molecule has 47 heavy (non-hydrogen) atoms. The van der Waals surface area contributed by atoms with Gasteiger partial charge in [0.15, 0.2) is 0 Å². The first-order valence-electron chi connectivity index (χ1n) is 17.5. The number of azide groups is 1. The summed E-state index contributed by atoms with van der Waals surface area (Å²) in [5.41, 5.74) is 8.46. The summed E-state index contributed by atoms with van der Waals surface area (Å²) in [6.07, 6.45) is 9.69. The van der Waals surface area contributed by atoms with Crippen molar-refractivity contribution >= 4 is 23.8 Å². The van der Waals surface area contributed by atoms with Gasteiger partial charge in [-0.3, -0.25) is 38.8 Å². The van der Waals surface area contributed by atoms with Crippen LogP contribution in [0, 0.1) is 0 Å². The number of ether oxygens (including phenoxy) is 3. The van der Waals surface area contributed by atoms with Crippen LogP contribution in [-0.2, 0) is 33.4 Å².